The van der Waals surface area contributed by atoms with Gasteiger partial charge in [0.15, 0.2) is 67.9 Å². The first-order chi connectivity index (χ1) is 52.1. The fourth-order valence-electron chi connectivity index (χ4n) is 17.0. The monoisotopic (exact) mass is 1600 g/mol. The van der Waals surface area contributed by atoms with Gasteiger partial charge in [0.05, 0.1) is 76.4 Å². The van der Waals surface area contributed by atoms with Gasteiger partial charge in [0.2, 0.25) is 0 Å². The number of aryl methyl sites for hydroxylation is 2. The van der Waals surface area contributed by atoms with Crippen LogP contribution in [-0.2, 0) is 118 Å². The molecule has 0 saturated carbocycles. The first-order valence-electron chi connectivity index (χ1n) is 36.2. The van der Waals surface area contributed by atoms with Crippen LogP contribution in [0.2, 0.25) is 5.02 Å². The highest BCUT2D eigenvalue weighted by Crippen LogP contribution is 2.53. The molecule has 11 heterocycles. The molecule has 39 nitrogen and oxygen atoms in total. The molecule has 11 fully saturated rings. The molecule has 110 heavy (non-hydrogen) atoms. The quantitative estimate of drug-likeness (QED) is 0.0482. The molecule has 0 amide bonds. The zero-order valence-corrected chi connectivity index (χ0v) is 63.5. The van der Waals surface area contributed by atoms with Gasteiger partial charge in [-0.25, -0.2) is 9.59 Å². The summed E-state index contributed by atoms with van der Waals surface area (Å²) in [7, 11) is 6.57. The number of fused-ring (bicyclic) bond motifs is 4. The fraction of sp³-hybridized carbons (Fsp3) is 0.800. The lowest BCUT2D eigenvalue weighted by Gasteiger charge is -2.50. The Morgan fingerprint density at radius 1 is 0.600 bits per heavy atom. The van der Waals surface area contributed by atoms with Gasteiger partial charge in [0.25, 0.3) is 11.5 Å². The number of ether oxygens (including phenoxy) is 26. The average Bonchev–Trinajstić information content (AvgIpc) is 1.56. The lowest BCUT2D eigenvalue weighted by atomic mass is 9.85. The molecule has 13 rings (SSSR count). The summed E-state index contributed by atoms with van der Waals surface area (Å²) < 4.78 is 160. The molecule has 11 aliphatic rings. The van der Waals surface area contributed by atoms with E-state index in [1.807, 2.05) is 0 Å². The number of hydrogen-bond donors (Lipinski definition) is 8. The van der Waals surface area contributed by atoms with E-state index in [2.05, 4.69) is 0 Å². The molecule has 11 aliphatic heterocycles. The van der Waals surface area contributed by atoms with Gasteiger partial charge < -0.3 is 164 Å². The predicted molar refractivity (Wildman–Crippen MR) is 358 cm³/mol. The Morgan fingerprint density at radius 3 is 1.97 bits per heavy atom. The molecule has 2 spiro atoms. The minimum Gasteiger partial charge on any atom is -0.508 e. The molecule has 0 aliphatic carbocycles. The van der Waals surface area contributed by atoms with E-state index in [0.29, 0.717) is 0 Å². The number of aromatic hydroxyl groups is 3. The van der Waals surface area contributed by atoms with Crippen LogP contribution in [0.15, 0.2) is 18.2 Å². The largest absolute Gasteiger partial charge is 0.508 e. The summed E-state index contributed by atoms with van der Waals surface area (Å²) in [6, 6.07) is 3.55. The van der Waals surface area contributed by atoms with Crippen LogP contribution in [0.25, 0.3) is 0 Å². The highest BCUT2D eigenvalue weighted by molar-refractivity contribution is 6.34. The van der Waals surface area contributed by atoms with Crippen LogP contribution in [0.1, 0.15) is 99.6 Å². The molecular formula is C70H98ClNO38. The maximum Gasteiger partial charge on any atom is 0.342 e. The van der Waals surface area contributed by atoms with Crippen molar-refractivity contribution < 1.29 is 179 Å². The first-order valence-corrected chi connectivity index (χ1v) is 36.6. The molecule has 618 valence electrons. The summed E-state index contributed by atoms with van der Waals surface area (Å²) in [5.74, 6) is -7.18. The van der Waals surface area contributed by atoms with Crippen LogP contribution >= 0.6 is 11.6 Å². The normalized spacial score (nSPS) is 45.9. The fourth-order valence-corrected chi connectivity index (χ4v) is 17.2. The molecule has 0 radical (unpaired) electrons. The number of hydrogen-bond acceptors (Lipinski definition) is 38. The van der Waals surface area contributed by atoms with E-state index in [1.54, 1.807) is 34.6 Å². The molecule has 2 aromatic rings. The Kier molecular flexibility index (Phi) is 24.7. The van der Waals surface area contributed by atoms with E-state index >= 15 is 0 Å². The molecule has 11 saturated heterocycles. The third-order valence-corrected chi connectivity index (χ3v) is 22.7. The third kappa shape index (κ3) is 15.3. The first kappa shape index (κ1) is 83.1. The number of aliphatic hydroxyl groups excluding tert-OH is 5. The van der Waals surface area contributed by atoms with Gasteiger partial charge in [-0.15, -0.1) is 0 Å². The van der Waals surface area contributed by atoms with Crippen molar-refractivity contribution in [3.05, 3.63) is 55.6 Å². The topological polar surface area (TPSA) is 479 Å². The Labute approximate surface area is 635 Å². The summed E-state index contributed by atoms with van der Waals surface area (Å²) in [4.78, 5) is 39.7. The molecule has 40 heteroatoms. The van der Waals surface area contributed by atoms with E-state index in [4.69, 9.17) is 135 Å². The van der Waals surface area contributed by atoms with Gasteiger partial charge >= 0.3 is 17.9 Å². The number of methoxy groups -OCH3 is 5. The summed E-state index contributed by atoms with van der Waals surface area (Å²) >= 11 is 6.37. The second-order valence-electron chi connectivity index (χ2n) is 29.8. The Bertz CT molecular complexity index is 3570. The molecule has 8 N–H and O–H groups in total. The SMILES string of the molecule is COC[C@H]1O[C@@H](O[C@@H]2OC[C@@H]3OC4(OC[C@@H](OC(=O)c5c(C)cc(O)cc5O)[C@@H]5OCO[C@H]54)O[C@H]3[C@H]2O)[C@@H](OC)[C@@H](O)[C@@H]1O[C@@H]1O[C@H](C)[C@H](OC)[C@H](O[C@@H]2O[C@H](C)[C@H]3OC4(C[C@@H](O)[C@H](O[C@H]5C[C@@H](O[C@H]6C[C@](C)([N+](=O)[O-])[C@@H](OC)[C@H](C)O6)[C@H](OC(=O)c6c(C)cc(O)c(Cl)c6OC)[C@@H](C)O5)[C@@H](C)O4)O[C@]3(C)[C@@H]2O)[C@H]1O. The zero-order chi connectivity index (χ0) is 79.3. The summed E-state index contributed by atoms with van der Waals surface area (Å²) in [6.07, 6.45) is -40.5. The highest BCUT2D eigenvalue weighted by Gasteiger charge is 2.70. The maximum absolute atomic E-state index is 14.2. The lowest BCUT2D eigenvalue weighted by Crippen LogP contribution is -2.68. The Hall–Kier alpha value is -4.85. The third-order valence-electron chi connectivity index (χ3n) is 22.3. The number of rotatable bonds is 21. The molecule has 2 unspecified atom stereocenters. The second-order valence-corrected chi connectivity index (χ2v) is 30.2. The Morgan fingerprint density at radius 2 is 1.29 bits per heavy atom. The number of benzene rings is 2. The van der Waals surface area contributed by atoms with Gasteiger partial charge in [0.1, 0.15) is 137 Å². The lowest BCUT2D eigenvalue weighted by molar-refractivity contribution is -0.595. The number of nitrogens with zero attached hydrogens (tertiary/aromatic N) is 1. The molecule has 0 aromatic heterocycles. The van der Waals surface area contributed by atoms with Crippen molar-refractivity contribution in [2.24, 2.45) is 0 Å². The number of phenols is 3. The average molecular weight is 1600 g/mol. The van der Waals surface area contributed by atoms with Crippen molar-refractivity contribution in [3.8, 4) is 23.0 Å². The van der Waals surface area contributed by atoms with Gasteiger partial charge in [0, 0.05) is 52.8 Å². The highest BCUT2D eigenvalue weighted by atomic mass is 35.5. The van der Waals surface area contributed by atoms with Crippen molar-refractivity contribution in [1.82, 2.24) is 0 Å². The van der Waals surface area contributed by atoms with Crippen LogP contribution < -0.4 is 4.74 Å². The number of carbonyl (C=O) groups excluding carboxylic acids is 2. The standard InChI is InChI=1S/C70H98ClNO38/c1-25-15-32(73)17-33(74)42(25)61(81)99-38-23-93-70(60-53(38)91-24-92-60)107-39-22-90-63(46(78)52(39)108-70)105-65-56(88-13)45(77)51(37(100-65)21-85-10)103-64-47(79)55(50(86-11)28(4)96-64)104-66-57(80)68(9)59(31(7)97-66)109-69(110-68)19-35(76)48(29(5)106-69)101-40-18-36(98-41-20-67(8,72(83)84)58(89-14)30(6)95-41)49(27(3)94-40)102-62(82)43-26(2)16-34(75)44(71)54(43)87-12/h15-17,27-31,35-41,45-53,55-60,63-66,73-80H,18-24H2,1-14H3/t27-,28-,29-,30+,31-,35-,36-,37-,38-,39+,40+,41+,45+,46-,47-,48-,49-,50+,51-,52-,53+,55-,56+,57-,58+,59-,60-,63+,64+,65+,66+,67+,68-,69?,70?/m1/s1. The van der Waals surface area contributed by atoms with E-state index in [9.17, 15) is 60.6 Å². The molecule has 35 atom stereocenters. The maximum atomic E-state index is 14.2. The van der Waals surface area contributed by atoms with Crippen LogP contribution in [0.4, 0.5) is 0 Å². The minimum atomic E-state index is -2.05. The second kappa shape index (κ2) is 32.7. The number of aliphatic hydroxyl groups is 5. The molecular weight excluding hydrogens is 1500 g/mol. The number of esters is 2. The van der Waals surface area contributed by atoms with Gasteiger partial charge in [-0.3, -0.25) is 10.1 Å². The smallest absolute Gasteiger partial charge is 0.342 e. The molecule has 2 aromatic carbocycles. The summed E-state index contributed by atoms with van der Waals surface area (Å²) in [5, 5.41) is 104. The van der Waals surface area contributed by atoms with Crippen LogP contribution in [0.5, 0.6) is 23.0 Å². The van der Waals surface area contributed by atoms with Gasteiger partial charge in [-0.1, -0.05) is 11.6 Å². The van der Waals surface area contributed by atoms with Crippen molar-refractivity contribution in [3.63, 3.8) is 0 Å². The Balaban J connectivity index is 0.642. The molecule has 0 bridgehead atoms. The number of halogens is 1. The minimum absolute atomic E-state index is 0.105. The van der Waals surface area contributed by atoms with E-state index in [-0.39, 0.29) is 84.0 Å². The summed E-state index contributed by atoms with van der Waals surface area (Å²) in [6.45, 7) is 12.9. The van der Waals surface area contributed by atoms with Crippen molar-refractivity contribution in [2.45, 2.75) is 295 Å². The van der Waals surface area contributed by atoms with Crippen molar-refractivity contribution in [2.75, 3.05) is 62.2 Å². The van der Waals surface area contributed by atoms with E-state index in [0.717, 1.165) is 6.07 Å². The van der Waals surface area contributed by atoms with Gasteiger partial charge in [-0.2, -0.15) is 0 Å². The van der Waals surface area contributed by atoms with Crippen LogP contribution in [0.3, 0.4) is 0 Å². The number of phenolic OH excluding ortho intramolecular Hbond substituents is 3. The number of carbonyl (C=O) groups is 2. The van der Waals surface area contributed by atoms with E-state index < -0.39 is 242 Å². The predicted octanol–water partition coefficient (Wildman–Crippen LogP) is 0.609. The zero-order valence-electron chi connectivity index (χ0n) is 62.7. The van der Waals surface area contributed by atoms with Crippen molar-refractivity contribution >= 4 is 23.5 Å². The van der Waals surface area contributed by atoms with Gasteiger partial charge in [-0.05, 0) is 78.6 Å². The van der Waals surface area contributed by atoms with E-state index in [1.165, 1.54) is 75.4 Å². The van der Waals surface area contributed by atoms with Crippen LogP contribution in [-0.4, -0.2) is 333 Å². The van der Waals surface area contributed by atoms with Crippen molar-refractivity contribution in [1.29, 1.82) is 0 Å². The number of nitro groups is 1. The van der Waals surface area contributed by atoms with Crippen LogP contribution in [0, 0.1) is 24.0 Å². The summed E-state index contributed by atoms with van der Waals surface area (Å²) in [5.41, 5.74) is -3.21.